The minimum atomic E-state index is -4.82. The molecule has 2 heterocycles. The van der Waals surface area contributed by atoms with Crippen LogP contribution in [0.4, 0.5) is 18.9 Å². The highest BCUT2D eigenvalue weighted by Crippen LogP contribution is 2.32. The molecule has 1 aromatic carbocycles. The molecular formula is C20H14F3NO6. The number of fused-ring (bicyclic) bond motifs is 1. The number of benzene rings is 1. The summed E-state index contributed by atoms with van der Waals surface area (Å²) in [5.74, 6) is -3.10. The third kappa shape index (κ3) is 3.84. The van der Waals surface area contributed by atoms with E-state index in [0.29, 0.717) is 6.07 Å². The Morgan fingerprint density at radius 3 is 2.37 bits per heavy atom. The van der Waals surface area contributed by atoms with Gasteiger partial charge >= 0.3 is 18.1 Å². The summed E-state index contributed by atoms with van der Waals surface area (Å²) in [6.07, 6.45) is 0.950. The Morgan fingerprint density at radius 2 is 1.73 bits per heavy atom. The molecule has 0 fully saturated rings. The lowest BCUT2D eigenvalue weighted by Crippen LogP contribution is -2.27. The van der Waals surface area contributed by atoms with Crippen LogP contribution in [0.2, 0.25) is 0 Å². The lowest BCUT2D eigenvalue weighted by atomic mass is 10.1. The van der Waals surface area contributed by atoms with Gasteiger partial charge in [0.25, 0.3) is 0 Å². The second-order valence-electron chi connectivity index (χ2n) is 5.97. The number of nitrogens with zero attached hydrogens (tertiary/aromatic N) is 1. The highest BCUT2D eigenvalue weighted by atomic mass is 19.4. The molecule has 0 amide bonds. The smallest absolute Gasteiger partial charge is 0.449 e. The van der Waals surface area contributed by atoms with E-state index in [2.05, 4.69) is 0 Å². The Kier molecular flexibility index (Phi) is 5.50. The number of anilines is 1. The molecule has 7 nitrogen and oxygen atoms in total. The number of halogens is 3. The van der Waals surface area contributed by atoms with Gasteiger partial charge in [-0.15, -0.1) is 0 Å². The number of carbonyl (C=O) groups excluding carboxylic acids is 2. The zero-order chi connectivity index (χ0) is 22.1. The first-order valence-electron chi connectivity index (χ1n) is 8.37. The van der Waals surface area contributed by atoms with Crippen molar-refractivity contribution in [2.45, 2.75) is 6.18 Å². The first kappa shape index (κ1) is 20.9. The minimum Gasteiger partial charge on any atom is -0.465 e. The summed E-state index contributed by atoms with van der Waals surface area (Å²) >= 11 is 0. The van der Waals surface area contributed by atoms with Gasteiger partial charge in [0.15, 0.2) is 5.43 Å². The molecule has 2 aromatic rings. The molecule has 0 saturated heterocycles. The van der Waals surface area contributed by atoms with E-state index in [0.717, 1.165) is 14.2 Å². The standard InChI is InChI=1S/C20H14F3NO6/c1-28-18(26)12-5-3-4-8-24(17(12)19(27)29-2)11-6-7-15-13(9-11)14(25)10-16(30-15)20(21,22)23/h3-10H,1-2H3. The fraction of sp³-hybridized carbons (Fsp3) is 0.150. The van der Waals surface area contributed by atoms with E-state index < -0.39 is 29.3 Å². The number of esters is 2. The summed E-state index contributed by atoms with van der Waals surface area (Å²) in [5, 5.41) is -0.144. The lowest BCUT2D eigenvalue weighted by molar-refractivity contribution is -0.153. The van der Waals surface area contributed by atoms with Crippen LogP contribution in [0, 0.1) is 0 Å². The fourth-order valence-corrected chi connectivity index (χ4v) is 2.80. The predicted octanol–water partition coefficient (Wildman–Crippen LogP) is 3.30. The largest absolute Gasteiger partial charge is 0.465 e. The molecule has 0 N–H and O–H groups in total. The molecule has 10 heteroatoms. The first-order valence-corrected chi connectivity index (χ1v) is 8.37. The summed E-state index contributed by atoms with van der Waals surface area (Å²) in [7, 11) is 2.26. The van der Waals surface area contributed by atoms with Gasteiger partial charge in [0.1, 0.15) is 11.3 Å². The van der Waals surface area contributed by atoms with Crippen LogP contribution in [0.1, 0.15) is 5.76 Å². The van der Waals surface area contributed by atoms with Crippen molar-refractivity contribution in [2.24, 2.45) is 0 Å². The Morgan fingerprint density at radius 1 is 1.03 bits per heavy atom. The molecule has 1 aliphatic rings. The van der Waals surface area contributed by atoms with Crippen molar-refractivity contribution in [2.75, 3.05) is 19.1 Å². The SMILES string of the molecule is COC(=O)C1=C(C(=O)OC)N(c2ccc3oc(C(F)(F)F)cc(=O)c3c2)C=CC=C1. The van der Waals surface area contributed by atoms with Gasteiger partial charge < -0.3 is 18.8 Å². The van der Waals surface area contributed by atoms with Gasteiger partial charge in [0.2, 0.25) is 5.76 Å². The van der Waals surface area contributed by atoms with E-state index in [1.807, 2.05) is 0 Å². The van der Waals surface area contributed by atoms with Gasteiger partial charge in [-0.1, -0.05) is 6.08 Å². The minimum absolute atomic E-state index is 0.117. The molecule has 156 valence electrons. The zero-order valence-electron chi connectivity index (χ0n) is 15.6. The lowest BCUT2D eigenvalue weighted by Gasteiger charge is -2.23. The molecule has 1 aliphatic heterocycles. The molecule has 0 atom stereocenters. The van der Waals surface area contributed by atoms with E-state index in [9.17, 15) is 27.6 Å². The number of allylic oxidation sites excluding steroid dienone is 2. The van der Waals surface area contributed by atoms with Gasteiger partial charge in [-0.3, -0.25) is 4.79 Å². The van der Waals surface area contributed by atoms with E-state index in [1.54, 1.807) is 0 Å². The summed E-state index contributed by atoms with van der Waals surface area (Å²) in [4.78, 5) is 38.1. The van der Waals surface area contributed by atoms with Gasteiger partial charge in [-0.25, -0.2) is 9.59 Å². The number of alkyl halides is 3. The molecule has 30 heavy (non-hydrogen) atoms. The molecule has 0 aliphatic carbocycles. The molecule has 0 radical (unpaired) electrons. The first-order chi connectivity index (χ1) is 14.2. The van der Waals surface area contributed by atoms with E-state index >= 15 is 0 Å². The summed E-state index contributed by atoms with van der Waals surface area (Å²) < 4.78 is 52.9. The zero-order valence-corrected chi connectivity index (χ0v) is 15.6. The Balaban J connectivity index is 2.22. The van der Waals surface area contributed by atoms with E-state index in [-0.39, 0.29) is 27.9 Å². The Labute approximate surface area is 167 Å². The number of carbonyl (C=O) groups is 2. The number of methoxy groups -OCH3 is 2. The van der Waals surface area contributed by atoms with Gasteiger partial charge in [-0.2, -0.15) is 13.2 Å². The summed E-state index contributed by atoms with van der Waals surface area (Å²) in [6, 6.07) is 4.09. The van der Waals surface area contributed by atoms with Crippen LogP contribution in [0.5, 0.6) is 0 Å². The predicted molar refractivity (Wildman–Crippen MR) is 99.3 cm³/mol. The normalized spacial score (nSPS) is 14.1. The van der Waals surface area contributed by atoms with Crippen molar-refractivity contribution >= 4 is 28.6 Å². The summed E-state index contributed by atoms with van der Waals surface area (Å²) in [6.45, 7) is 0. The van der Waals surface area contributed by atoms with Crippen LogP contribution < -0.4 is 10.3 Å². The maximum Gasteiger partial charge on any atom is 0.449 e. The van der Waals surface area contributed by atoms with Crippen LogP contribution >= 0.6 is 0 Å². The number of rotatable bonds is 3. The highest BCUT2D eigenvalue weighted by molar-refractivity contribution is 6.05. The third-order valence-corrected chi connectivity index (χ3v) is 4.16. The van der Waals surface area contributed by atoms with Crippen LogP contribution in [-0.4, -0.2) is 26.2 Å². The van der Waals surface area contributed by atoms with Gasteiger partial charge in [-0.05, 0) is 30.4 Å². The second kappa shape index (κ2) is 7.90. The maximum atomic E-state index is 12.9. The van der Waals surface area contributed by atoms with Crippen LogP contribution in [-0.2, 0) is 25.2 Å². The fourth-order valence-electron chi connectivity index (χ4n) is 2.80. The number of ether oxygens (including phenoxy) is 2. The average Bonchev–Trinajstić information content (AvgIpc) is 2.94. The third-order valence-electron chi connectivity index (χ3n) is 4.16. The van der Waals surface area contributed by atoms with E-state index in [1.165, 1.54) is 47.5 Å². The van der Waals surface area contributed by atoms with Crippen molar-refractivity contribution in [3.05, 3.63) is 75.9 Å². The van der Waals surface area contributed by atoms with Crippen molar-refractivity contribution in [3.8, 4) is 0 Å². The van der Waals surface area contributed by atoms with Crippen LogP contribution in [0.15, 0.2) is 69.2 Å². The Bertz CT molecular complexity index is 1170. The molecule has 0 unspecified atom stereocenters. The molecule has 0 saturated carbocycles. The summed E-state index contributed by atoms with van der Waals surface area (Å²) in [5.41, 5.74) is -1.32. The van der Waals surface area contributed by atoms with Crippen molar-refractivity contribution in [3.63, 3.8) is 0 Å². The monoisotopic (exact) mass is 421 g/mol. The maximum absolute atomic E-state index is 12.9. The average molecular weight is 421 g/mol. The molecule has 3 rings (SSSR count). The van der Waals surface area contributed by atoms with Crippen molar-refractivity contribution in [1.82, 2.24) is 0 Å². The molecule has 0 spiro atoms. The molecule has 1 aromatic heterocycles. The number of hydrogen-bond donors (Lipinski definition) is 0. The molecular weight excluding hydrogens is 407 g/mol. The van der Waals surface area contributed by atoms with Gasteiger partial charge in [0, 0.05) is 18.0 Å². The van der Waals surface area contributed by atoms with Crippen molar-refractivity contribution < 1.29 is 36.7 Å². The highest BCUT2D eigenvalue weighted by Gasteiger charge is 2.35. The Hall–Kier alpha value is -3.82. The number of hydrogen-bond acceptors (Lipinski definition) is 7. The second-order valence-corrected chi connectivity index (χ2v) is 5.97. The topological polar surface area (TPSA) is 86.1 Å². The molecule has 0 bridgehead atoms. The van der Waals surface area contributed by atoms with Crippen molar-refractivity contribution in [1.29, 1.82) is 0 Å². The van der Waals surface area contributed by atoms with Gasteiger partial charge in [0.05, 0.1) is 25.2 Å². The van der Waals surface area contributed by atoms with E-state index in [4.69, 9.17) is 13.9 Å². The van der Waals surface area contributed by atoms with Crippen LogP contribution in [0.3, 0.4) is 0 Å². The van der Waals surface area contributed by atoms with Crippen LogP contribution in [0.25, 0.3) is 11.0 Å². The quantitative estimate of drug-likeness (QED) is 0.703.